The number of benzene rings is 1. The quantitative estimate of drug-likeness (QED) is 0.321. The van der Waals surface area contributed by atoms with Crippen LogP contribution in [0.3, 0.4) is 0 Å². The van der Waals surface area contributed by atoms with Gasteiger partial charge in [-0.2, -0.15) is 0 Å². The predicted octanol–water partition coefficient (Wildman–Crippen LogP) is 2.82. The number of carbonyl (C=O) groups excluding carboxylic acids is 1. The highest BCUT2D eigenvalue weighted by Crippen LogP contribution is 2.15. The van der Waals surface area contributed by atoms with Gasteiger partial charge in [-0.25, -0.2) is 8.78 Å². The molecule has 3 rings (SSSR count). The molecule has 9 heteroatoms. The fourth-order valence-corrected chi connectivity index (χ4v) is 3.96. The van der Waals surface area contributed by atoms with E-state index in [4.69, 9.17) is 0 Å². The second kappa shape index (κ2) is 12.4. The van der Waals surface area contributed by atoms with Gasteiger partial charge in [0.05, 0.1) is 6.54 Å². The van der Waals surface area contributed by atoms with Crippen LogP contribution in [0, 0.1) is 0 Å². The number of nitrogens with zero attached hydrogens (tertiary/aromatic N) is 3. The molecule has 0 saturated carbocycles. The van der Waals surface area contributed by atoms with Crippen molar-refractivity contribution in [3.63, 3.8) is 0 Å². The summed E-state index contributed by atoms with van der Waals surface area (Å²) in [7, 11) is 1.73. The van der Waals surface area contributed by atoms with Crippen LogP contribution in [-0.4, -0.2) is 67.4 Å². The number of nitrogens with one attached hydrogen (secondary N) is 2. The lowest BCUT2D eigenvalue weighted by molar-refractivity contribution is -0.128. The summed E-state index contributed by atoms with van der Waals surface area (Å²) in [6.45, 7) is 3.35. The molecule has 0 aliphatic carbocycles. The van der Waals surface area contributed by atoms with Crippen molar-refractivity contribution in [3.05, 3.63) is 35.4 Å². The molecule has 30 heavy (non-hydrogen) atoms. The first-order valence-corrected chi connectivity index (χ1v) is 10.4. The van der Waals surface area contributed by atoms with E-state index in [1.165, 1.54) is 0 Å². The summed E-state index contributed by atoms with van der Waals surface area (Å²) >= 11 is 0. The Kier molecular flexibility index (Phi) is 10.2. The van der Waals surface area contributed by atoms with Crippen LogP contribution < -0.4 is 10.6 Å². The van der Waals surface area contributed by atoms with Crippen LogP contribution in [0.4, 0.5) is 8.78 Å². The molecule has 0 atom stereocenters. The molecule has 1 aromatic rings. The highest BCUT2D eigenvalue weighted by Gasteiger charge is 2.22. The fourth-order valence-electron chi connectivity index (χ4n) is 3.96. The number of carbonyl (C=O) groups is 1. The van der Waals surface area contributed by atoms with E-state index >= 15 is 0 Å². The molecule has 0 radical (unpaired) electrons. The lowest BCUT2D eigenvalue weighted by Gasteiger charge is -2.32. The maximum absolute atomic E-state index is 12.5. The van der Waals surface area contributed by atoms with Crippen molar-refractivity contribution in [2.24, 2.45) is 4.99 Å². The maximum atomic E-state index is 12.5. The van der Waals surface area contributed by atoms with Crippen molar-refractivity contribution in [2.75, 3.05) is 33.2 Å². The normalized spacial score (nSPS) is 18.6. The molecule has 6 nitrogen and oxygen atoms in total. The average Bonchev–Trinajstić information content (AvgIpc) is 3.11. The second-order valence-electron chi connectivity index (χ2n) is 7.77. The van der Waals surface area contributed by atoms with Crippen LogP contribution in [0.1, 0.15) is 36.8 Å². The number of halogens is 3. The molecule has 2 aliphatic rings. The average molecular weight is 535 g/mol. The lowest BCUT2D eigenvalue weighted by Crippen LogP contribution is -2.49. The van der Waals surface area contributed by atoms with E-state index in [0.717, 1.165) is 42.9 Å². The van der Waals surface area contributed by atoms with E-state index in [1.807, 2.05) is 15.9 Å². The molecule has 1 aromatic carbocycles. The molecule has 0 aromatic heterocycles. The number of rotatable bonds is 7. The van der Waals surface area contributed by atoms with Crippen LogP contribution >= 0.6 is 24.0 Å². The van der Waals surface area contributed by atoms with Gasteiger partial charge in [0.2, 0.25) is 5.91 Å². The smallest absolute Gasteiger partial charge is 0.251 e. The monoisotopic (exact) mass is 535 g/mol. The molecular formula is C21H32F2IN5O. The standard InChI is InChI=1S/C21H31F2N5O.HI/c1-24-21(26-18-7-10-27(11-8-18)15-19(22)23)25-13-16-4-2-5-17(12-16)14-28-9-3-6-20(28)29;/h2,4-5,12,18-19H,3,6-11,13-15H2,1H3,(H2,24,25,26);1H. The lowest BCUT2D eigenvalue weighted by atomic mass is 10.1. The van der Waals surface area contributed by atoms with E-state index in [9.17, 15) is 13.6 Å². The number of guanidine groups is 1. The molecule has 168 valence electrons. The summed E-state index contributed by atoms with van der Waals surface area (Å²) in [4.78, 5) is 19.8. The minimum absolute atomic E-state index is 0. The van der Waals surface area contributed by atoms with Gasteiger partial charge in [0.25, 0.3) is 6.43 Å². The highest BCUT2D eigenvalue weighted by atomic mass is 127. The Labute approximate surface area is 194 Å². The van der Waals surface area contributed by atoms with Crippen molar-refractivity contribution >= 4 is 35.8 Å². The first kappa shape index (κ1) is 24.8. The van der Waals surface area contributed by atoms with Gasteiger partial charge in [-0.3, -0.25) is 14.7 Å². The van der Waals surface area contributed by atoms with Gasteiger partial charge in [0.1, 0.15) is 0 Å². The Morgan fingerprint density at radius 1 is 1.23 bits per heavy atom. The molecule has 1 amide bonds. The van der Waals surface area contributed by atoms with Crippen LogP contribution in [-0.2, 0) is 17.9 Å². The molecular weight excluding hydrogens is 503 g/mol. The van der Waals surface area contributed by atoms with Gasteiger partial charge in [-0.15, -0.1) is 24.0 Å². The van der Waals surface area contributed by atoms with Crippen molar-refractivity contribution < 1.29 is 13.6 Å². The number of amides is 1. The van der Waals surface area contributed by atoms with Crippen LogP contribution in [0.2, 0.25) is 0 Å². The van der Waals surface area contributed by atoms with Crippen molar-refractivity contribution in [3.8, 4) is 0 Å². The molecule has 2 saturated heterocycles. The van der Waals surface area contributed by atoms with Gasteiger partial charge >= 0.3 is 0 Å². The first-order valence-electron chi connectivity index (χ1n) is 10.4. The summed E-state index contributed by atoms with van der Waals surface area (Å²) < 4.78 is 25.0. The van der Waals surface area contributed by atoms with Gasteiger partial charge in [0, 0.05) is 52.2 Å². The topological polar surface area (TPSA) is 60.0 Å². The number of aliphatic imine (C=N–C) groups is 1. The Bertz CT molecular complexity index is 710. The van der Waals surface area contributed by atoms with Gasteiger partial charge in [-0.1, -0.05) is 24.3 Å². The first-order chi connectivity index (χ1) is 14.0. The number of hydrogen-bond donors (Lipinski definition) is 2. The zero-order valence-corrected chi connectivity index (χ0v) is 19.8. The Morgan fingerprint density at radius 3 is 2.60 bits per heavy atom. The van der Waals surface area contributed by atoms with Crippen molar-refractivity contribution in [1.29, 1.82) is 0 Å². The molecule has 2 fully saturated rings. The van der Waals surface area contributed by atoms with Crippen LogP contribution in [0.5, 0.6) is 0 Å². The van der Waals surface area contributed by atoms with E-state index < -0.39 is 6.43 Å². The second-order valence-corrected chi connectivity index (χ2v) is 7.77. The predicted molar refractivity (Wildman–Crippen MR) is 125 cm³/mol. The third-order valence-corrected chi connectivity index (χ3v) is 5.54. The summed E-state index contributed by atoms with van der Waals surface area (Å²) in [6, 6.07) is 8.48. The minimum Gasteiger partial charge on any atom is -0.354 e. The number of hydrogen-bond acceptors (Lipinski definition) is 3. The third kappa shape index (κ3) is 7.64. The fraction of sp³-hybridized carbons (Fsp3) is 0.619. The van der Waals surface area contributed by atoms with E-state index in [-0.39, 0.29) is 42.5 Å². The Balaban J connectivity index is 0.00000320. The van der Waals surface area contributed by atoms with Crippen molar-refractivity contribution in [1.82, 2.24) is 20.4 Å². The summed E-state index contributed by atoms with van der Waals surface area (Å²) in [6.07, 6.45) is 0.987. The zero-order chi connectivity index (χ0) is 20.6. The summed E-state index contributed by atoms with van der Waals surface area (Å²) in [5.41, 5.74) is 2.26. The van der Waals surface area contributed by atoms with Crippen LogP contribution in [0.15, 0.2) is 29.3 Å². The number of piperidine rings is 1. The minimum atomic E-state index is -2.27. The molecule has 0 bridgehead atoms. The van der Waals surface area contributed by atoms with Gasteiger partial charge in [-0.05, 0) is 30.4 Å². The molecule has 0 unspecified atom stereocenters. The Hall–Kier alpha value is -1.49. The number of likely N-dealkylation sites (tertiary alicyclic amines) is 2. The van der Waals surface area contributed by atoms with E-state index in [0.29, 0.717) is 32.6 Å². The molecule has 0 spiro atoms. The van der Waals surface area contributed by atoms with Gasteiger partial charge in [0.15, 0.2) is 5.96 Å². The zero-order valence-electron chi connectivity index (χ0n) is 17.4. The molecule has 2 aliphatic heterocycles. The number of alkyl halides is 2. The van der Waals surface area contributed by atoms with Crippen LogP contribution in [0.25, 0.3) is 0 Å². The third-order valence-electron chi connectivity index (χ3n) is 5.54. The maximum Gasteiger partial charge on any atom is 0.251 e. The van der Waals surface area contributed by atoms with Gasteiger partial charge < -0.3 is 15.5 Å². The van der Waals surface area contributed by atoms with Crippen molar-refractivity contribution in [2.45, 2.75) is 51.2 Å². The molecule has 2 heterocycles. The molecule has 2 N–H and O–H groups in total. The Morgan fingerprint density at radius 2 is 1.97 bits per heavy atom. The highest BCUT2D eigenvalue weighted by molar-refractivity contribution is 14.0. The van der Waals surface area contributed by atoms with E-state index in [2.05, 4.69) is 33.8 Å². The largest absolute Gasteiger partial charge is 0.354 e. The summed E-state index contributed by atoms with van der Waals surface area (Å²) in [5.74, 6) is 0.954. The summed E-state index contributed by atoms with van der Waals surface area (Å²) in [5, 5.41) is 6.73. The SMILES string of the molecule is CN=C(NCc1cccc(CN2CCCC2=O)c1)NC1CCN(CC(F)F)CC1.I. The van der Waals surface area contributed by atoms with E-state index in [1.54, 1.807) is 7.05 Å².